The second kappa shape index (κ2) is 7.26. The van der Waals surface area contributed by atoms with E-state index in [1.54, 1.807) is 0 Å². The molecule has 90 valence electrons. The minimum absolute atomic E-state index is 0.0704. The molecule has 0 aliphatic carbocycles. The molecule has 0 aromatic heterocycles. The Hall–Kier alpha value is -0.0500. The number of hydrogen-bond donors (Lipinski definition) is 1. The molecule has 1 N–H and O–H groups in total. The first-order valence-corrected chi connectivity index (χ1v) is 6.70. The molecule has 1 amide bonds. The summed E-state index contributed by atoms with van der Waals surface area (Å²) in [6.07, 6.45) is 2.22. The average Bonchev–Trinajstić information content (AvgIpc) is 2.13. The number of alkyl halides is 1. The summed E-state index contributed by atoms with van der Waals surface area (Å²) in [7, 11) is 0. The van der Waals surface area contributed by atoms with Crippen LogP contribution in [-0.4, -0.2) is 16.8 Å². The van der Waals surface area contributed by atoms with Gasteiger partial charge >= 0.3 is 0 Å². The summed E-state index contributed by atoms with van der Waals surface area (Å²) in [5.74, 6) is 1.15. The van der Waals surface area contributed by atoms with E-state index in [0.717, 1.165) is 12.8 Å². The number of carbonyl (C=O) groups excluding carboxylic acids is 1. The zero-order valence-electron chi connectivity index (χ0n) is 10.5. The van der Waals surface area contributed by atoms with Crippen molar-refractivity contribution in [2.24, 2.45) is 11.8 Å². The zero-order valence-corrected chi connectivity index (χ0v) is 12.1. The summed E-state index contributed by atoms with van der Waals surface area (Å²) in [5, 5.41) is 3.03. The molecule has 0 rings (SSSR count). The van der Waals surface area contributed by atoms with Crippen LogP contribution in [0.2, 0.25) is 0 Å². The Morgan fingerprint density at radius 3 is 2.07 bits per heavy atom. The van der Waals surface area contributed by atoms with Crippen molar-refractivity contribution in [1.82, 2.24) is 5.32 Å². The van der Waals surface area contributed by atoms with Gasteiger partial charge in [0, 0.05) is 6.04 Å². The molecule has 0 aliphatic heterocycles. The van der Waals surface area contributed by atoms with E-state index in [1.165, 1.54) is 0 Å². The lowest BCUT2D eigenvalue weighted by molar-refractivity contribution is -0.121. The monoisotopic (exact) mass is 277 g/mol. The first-order chi connectivity index (χ1) is 6.84. The number of halogens is 1. The normalized spacial score (nSPS) is 15.5. The maximum absolute atomic E-state index is 11.7. The molecule has 15 heavy (non-hydrogen) atoms. The highest BCUT2D eigenvalue weighted by molar-refractivity contribution is 9.10. The van der Waals surface area contributed by atoms with Crippen LogP contribution in [-0.2, 0) is 4.79 Å². The van der Waals surface area contributed by atoms with Crippen molar-refractivity contribution >= 4 is 21.8 Å². The molecule has 0 aliphatic rings. The van der Waals surface area contributed by atoms with Gasteiger partial charge in [0.25, 0.3) is 0 Å². The first-order valence-electron chi connectivity index (χ1n) is 5.79. The van der Waals surface area contributed by atoms with Gasteiger partial charge in [-0.2, -0.15) is 0 Å². The fourth-order valence-corrected chi connectivity index (χ4v) is 1.41. The Kier molecular flexibility index (Phi) is 7.24. The highest BCUT2D eigenvalue weighted by atomic mass is 79.9. The van der Waals surface area contributed by atoms with Gasteiger partial charge in [-0.3, -0.25) is 4.79 Å². The molecule has 0 saturated heterocycles. The van der Waals surface area contributed by atoms with Gasteiger partial charge in [-0.15, -0.1) is 0 Å². The van der Waals surface area contributed by atoms with Crippen molar-refractivity contribution in [3.8, 4) is 0 Å². The van der Waals surface area contributed by atoms with Crippen LogP contribution in [0.15, 0.2) is 0 Å². The maximum atomic E-state index is 11.7. The van der Waals surface area contributed by atoms with Crippen LogP contribution < -0.4 is 5.32 Å². The number of amides is 1. The van der Waals surface area contributed by atoms with Crippen LogP contribution in [0.5, 0.6) is 0 Å². The van der Waals surface area contributed by atoms with Crippen LogP contribution in [0, 0.1) is 11.8 Å². The average molecular weight is 278 g/mol. The summed E-state index contributed by atoms with van der Waals surface area (Å²) in [5.41, 5.74) is 0. The van der Waals surface area contributed by atoms with Gasteiger partial charge in [0.2, 0.25) is 5.91 Å². The van der Waals surface area contributed by atoms with Crippen molar-refractivity contribution in [2.75, 3.05) is 0 Å². The fourth-order valence-electron chi connectivity index (χ4n) is 1.28. The predicted molar refractivity (Wildman–Crippen MR) is 69.2 cm³/mol. The van der Waals surface area contributed by atoms with E-state index in [1.807, 2.05) is 13.8 Å². The minimum Gasteiger partial charge on any atom is -0.353 e. The van der Waals surface area contributed by atoms with Gasteiger partial charge in [0.05, 0.1) is 4.83 Å². The molecule has 2 nitrogen and oxygen atoms in total. The third-order valence-electron chi connectivity index (χ3n) is 2.40. The van der Waals surface area contributed by atoms with Crippen molar-refractivity contribution in [1.29, 1.82) is 0 Å². The van der Waals surface area contributed by atoms with Crippen LogP contribution in [0.3, 0.4) is 0 Å². The second-order valence-corrected chi connectivity index (χ2v) is 6.01. The lowest BCUT2D eigenvalue weighted by atomic mass is 10.0. The molecule has 0 fully saturated rings. The van der Waals surface area contributed by atoms with Crippen molar-refractivity contribution < 1.29 is 4.79 Å². The highest BCUT2D eigenvalue weighted by Gasteiger charge is 2.19. The van der Waals surface area contributed by atoms with Crippen LogP contribution in [0.25, 0.3) is 0 Å². The third kappa shape index (κ3) is 6.93. The molecule has 2 unspecified atom stereocenters. The van der Waals surface area contributed by atoms with Gasteiger partial charge < -0.3 is 5.32 Å². The Morgan fingerprint density at radius 2 is 1.67 bits per heavy atom. The summed E-state index contributed by atoms with van der Waals surface area (Å²) >= 11 is 3.40. The van der Waals surface area contributed by atoms with Crippen molar-refractivity contribution in [3.63, 3.8) is 0 Å². The molecule has 0 aromatic carbocycles. The van der Waals surface area contributed by atoms with Crippen LogP contribution >= 0.6 is 15.9 Å². The molecule has 0 spiro atoms. The number of carbonyl (C=O) groups is 1. The van der Waals surface area contributed by atoms with Gasteiger partial charge in [0.1, 0.15) is 0 Å². The molecule has 3 heteroatoms. The standard InChI is InChI=1S/C12H24BrNO/c1-8(2)6-7-10(5)14-12(15)11(13)9(3)4/h8-11H,6-7H2,1-5H3,(H,14,15). The van der Waals surface area contributed by atoms with Gasteiger partial charge in [-0.25, -0.2) is 0 Å². The Labute approximate surface area is 102 Å². The number of hydrogen-bond acceptors (Lipinski definition) is 1. The minimum atomic E-state index is -0.0704. The SMILES string of the molecule is CC(C)CCC(C)NC(=O)C(Br)C(C)C. The van der Waals surface area contributed by atoms with E-state index in [0.29, 0.717) is 11.8 Å². The summed E-state index contributed by atoms with van der Waals surface area (Å²) in [6, 6.07) is 0.277. The molecule has 0 bridgehead atoms. The predicted octanol–water partition coefficient (Wildman–Crippen LogP) is 3.35. The van der Waals surface area contributed by atoms with E-state index in [9.17, 15) is 4.79 Å². The lowest BCUT2D eigenvalue weighted by Crippen LogP contribution is -2.39. The van der Waals surface area contributed by atoms with Crippen LogP contribution in [0.4, 0.5) is 0 Å². The quantitative estimate of drug-likeness (QED) is 0.742. The Morgan fingerprint density at radius 1 is 1.13 bits per heavy atom. The third-order valence-corrected chi connectivity index (χ3v) is 3.87. The van der Waals surface area contributed by atoms with Gasteiger partial charge in [-0.1, -0.05) is 43.6 Å². The molecule has 0 radical (unpaired) electrons. The smallest absolute Gasteiger partial charge is 0.234 e. The Bertz CT molecular complexity index is 192. The topological polar surface area (TPSA) is 29.1 Å². The summed E-state index contributed by atoms with van der Waals surface area (Å²) < 4.78 is 0. The number of nitrogens with one attached hydrogen (secondary N) is 1. The van der Waals surface area contributed by atoms with Crippen molar-refractivity contribution in [2.45, 2.75) is 58.3 Å². The van der Waals surface area contributed by atoms with E-state index in [4.69, 9.17) is 0 Å². The second-order valence-electron chi connectivity index (χ2n) is 5.03. The first kappa shape index (κ1) is 14.9. The summed E-state index contributed by atoms with van der Waals surface area (Å²) in [6.45, 7) is 10.6. The zero-order chi connectivity index (χ0) is 12.0. The van der Waals surface area contributed by atoms with Crippen molar-refractivity contribution in [3.05, 3.63) is 0 Å². The van der Waals surface area contributed by atoms with Gasteiger partial charge in [0.15, 0.2) is 0 Å². The molecule has 0 saturated carbocycles. The fraction of sp³-hybridized carbons (Fsp3) is 0.917. The van der Waals surface area contributed by atoms with E-state index >= 15 is 0 Å². The molecule has 0 heterocycles. The van der Waals surface area contributed by atoms with Gasteiger partial charge in [-0.05, 0) is 31.6 Å². The number of rotatable bonds is 6. The molecule has 2 atom stereocenters. The highest BCUT2D eigenvalue weighted by Crippen LogP contribution is 2.13. The Balaban J connectivity index is 3.85. The maximum Gasteiger partial charge on any atom is 0.234 e. The van der Waals surface area contributed by atoms with E-state index in [2.05, 4.69) is 42.0 Å². The lowest BCUT2D eigenvalue weighted by Gasteiger charge is -2.19. The summed E-state index contributed by atoms with van der Waals surface area (Å²) in [4.78, 5) is 11.6. The van der Waals surface area contributed by atoms with E-state index < -0.39 is 0 Å². The van der Waals surface area contributed by atoms with E-state index in [-0.39, 0.29) is 16.8 Å². The largest absolute Gasteiger partial charge is 0.353 e. The molecule has 0 aromatic rings. The molecular weight excluding hydrogens is 254 g/mol. The molecular formula is C12H24BrNO. The van der Waals surface area contributed by atoms with Crippen LogP contribution in [0.1, 0.15) is 47.5 Å².